The van der Waals surface area contributed by atoms with Crippen LogP contribution < -0.4 is 5.73 Å². The number of oxime groups is 1. The van der Waals surface area contributed by atoms with Crippen molar-refractivity contribution in [2.24, 2.45) is 10.9 Å². The van der Waals surface area contributed by atoms with Crippen molar-refractivity contribution >= 4 is 34.8 Å². The second-order valence-electron chi connectivity index (χ2n) is 6.11. The summed E-state index contributed by atoms with van der Waals surface area (Å²) in [6.07, 6.45) is 6.12. The van der Waals surface area contributed by atoms with Crippen LogP contribution in [0, 0.1) is 0 Å². The van der Waals surface area contributed by atoms with Crippen LogP contribution in [0.15, 0.2) is 47.2 Å². The van der Waals surface area contributed by atoms with Gasteiger partial charge in [0.2, 0.25) is 5.91 Å². The van der Waals surface area contributed by atoms with Crippen LogP contribution in [0.3, 0.4) is 0 Å². The van der Waals surface area contributed by atoms with E-state index in [9.17, 15) is 4.79 Å². The average molecular weight is 412 g/mol. The highest BCUT2D eigenvalue weighted by Gasteiger charge is 2.23. The topological polar surface area (TPSA) is 67.9 Å². The van der Waals surface area contributed by atoms with E-state index in [4.69, 9.17) is 33.8 Å². The summed E-state index contributed by atoms with van der Waals surface area (Å²) in [5.74, 6) is -0.225. The number of allylic oxidation sites excluding steroid dienone is 3. The molecule has 148 valence electrons. The van der Waals surface area contributed by atoms with Crippen molar-refractivity contribution in [1.82, 2.24) is 4.90 Å². The lowest BCUT2D eigenvalue weighted by atomic mass is 9.90. The Labute approximate surface area is 171 Å². The molecule has 1 rings (SSSR count). The molecule has 1 atom stereocenters. The number of rotatable bonds is 9. The van der Waals surface area contributed by atoms with Gasteiger partial charge in [-0.25, -0.2) is 0 Å². The molecule has 0 bridgehead atoms. The zero-order chi connectivity index (χ0) is 20.4. The molecule has 0 radical (unpaired) electrons. The Balaban J connectivity index is 3.13. The second kappa shape index (κ2) is 11.8. The molecule has 27 heavy (non-hydrogen) atoms. The lowest BCUT2D eigenvalue weighted by Gasteiger charge is -2.24. The van der Waals surface area contributed by atoms with E-state index >= 15 is 0 Å². The number of carbonyl (C=O) groups excluding carboxylic acids is 1. The van der Waals surface area contributed by atoms with E-state index in [1.807, 2.05) is 25.1 Å². The number of benzene rings is 1. The number of hydrogen-bond donors (Lipinski definition) is 1. The number of carbonyl (C=O) groups is 1. The van der Waals surface area contributed by atoms with Gasteiger partial charge in [-0.15, -0.1) is 0 Å². The number of nitrogens with zero attached hydrogens (tertiary/aromatic N) is 2. The van der Waals surface area contributed by atoms with Crippen LogP contribution in [-0.4, -0.2) is 43.8 Å². The van der Waals surface area contributed by atoms with Gasteiger partial charge in [-0.05, 0) is 44.5 Å². The highest BCUT2D eigenvalue weighted by atomic mass is 35.5. The molecule has 5 nitrogen and oxygen atoms in total. The molecule has 1 unspecified atom stereocenters. The van der Waals surface area contributed by atoms with Gasteiger partial charge in [-0.1, -0.05) is 52.7 Å². The van der Waals surface area contributed by atoms with E-state index < -0.39 is 0 Å². The first-order valence-corrected chi connectivity index (χ1v) is 9.41. The summed E-state index contributed by atoms with van der Waals surface area (Å²) in [5.41, 5.74) is 8.06. The van der Waals surface area contributed by atoms with Gasteiger partial charge in [0.1, 0.15) is 7.11 Å². The Morgan fingerprint density at radius 1 is 1.37 bits per heavy atom. The first-order valence-electron chi connectivity index (χ1n) is 8.65. The maximum Gasteiger partial charge on any atom is 0.249 e. The Bertz CT molecular complexity index is 730. The summed E-state index contributed by atoms with van der Waals surface area (Å²) in [7, 11) is 3.21. The summed E-state index contributed by atoms with van der Waals surface area (Å²) >= 11 is 12.2. The molecular formula is C20H27Cl2N3O2. The van der Waals surface area contributed by atoms with Crippen LogP contribution >= 0.6 is 23.2 Å². The summed E-state index contributed by atoms with van der Waals surface area (Å²) < 4.78 is 0. The fourth-order valence-corrected chi connectivity index (χ4v) is 2.98. The van der Waals surface area contributed by atoms with Crippen molar-refractivity contribution in [1.29, 1.82) is 0 Å². The fraction of sp³-hybridized carbons (Fsp3) is 0.400. The van der Waals surface area contributed by atoms with E-state index in [2.05, 4.69) is 5.16 Å². The Morgan fingerprint density at radius 3 is 2.63 bits per heavy atom. The molecule has 2 N–H and O–H groups in total. The zero-order valence-electron chi connectivity index (χ0n) is 16.2. The summed E-state index contributed by atoms with van der Waals surface area (Å²) in [4.78, 5) is 19.2. The van der Waals surface area contributed by atoms with Crippen LogP contribution in [0.5, 0.6) is 0 Å². The molecule has 1 aromatic carbocycles. The largest absolute Gasteiger partial charge is 0.399 e. The third kappa shape index (κ3) is 7.01. The van der Waals surface area contributed by atoms with E-state index in [1.165, 1.54) is 7.11 Å². The highest BCUT2D eigenvalue weighted by molar-refractivity contribution is 6.42. The Morgan fingerprint density at radius 2 is 2.07 bits per heavy atom. The van der Waals surface area contributed by atoms with E-state index in [0.29, 0.717) is 40.8 Å². The van der Waals surface area contributed by atoms with Crippen molar-refractivity contribution in [3.8, 4) is 0 Å². The zero-order valence-corrected chi connectivity index (χ0v) is 17.7. The average Bonchev–Trinajstić information content (AvgIpc) is 2.65. The van der Waals surface area contributed by atoms with Gasteiger partial charge >= 0.3 is 0 Å². The molecule has 0 saturated heterocycles. The molecule has 0 fully saturated rings. The second-order valence-corrected chi connectivity index (χ2v) is 6.92. The molecule has 0 aliphatic carbocycles. The van der Waals surface area contributed by atoms with Gasteiger partial charge < -0.3 is 15.5 Å². The summed E-state index contributed by atoms with van der Waals surface area (Å²) in [6, 6.07) is 5.43. The van der Waals surface area contributed by atoms with Gasteiger partial charge in [-0.2, -0.15) is 0 Å². The molecule has 0 saturated carbocycles. The standard InChI is InChI=1S/C20H27Cl2N3O2/c1-5-6-7-14(2)20(26)25(3)13-19(24-27-4)16(10-11-23)15-8-9-17(21)18(22)12-15/h5-9,12,16H,10-11,13,23H2,1-4H3/b6-5-,14-7+,24-19+. The van der Waals surface area contributed by atoms with E-state index in [1.54, 1.807) is 37.1 Å². The molecule has 0 spiro atoms. The van der Waals surface area contributed by atoms with Crippen molar-refractivity contribution in [2.75, 3.05) is 27.2 Å². The minimum absolute atomic E-state index is 0.0856. The van der Waals surface area contributed by atoms with Crippen LogP contribution in [0.2, 0.25) is 10.0 Å². The quantitative estimate of drug-likeness (QED) is 0.283. The highest BCUT2D eigenvalue weighted by Crippen LogP contribution is 2.29. The fourth-order valence-electron chi connectivity index (χ4n) is 2.67. The normalized spacial score (nSPS) is 13.7. The van der Waals surface area contributed by atoms with Crippen molar-refractivity contribution in [3.63, 3.8) is 0 Å². The first kappa shape index (κ1) is 23.2. The van der Waals surface area contributed by atoms with E-state index in [0.717, 1.165) is 5.56 Å². The molecule has 1 aromatic rings. The van der Waals surface area contributed by atoms with Crippen LogP contribution in [0.25, 0.3) is 0 Å². The van der Waals surface area contributed by atoms with Gasteiger partial charge in [0, 0.05) is 18.5 Å². The predicted molar refractivity (Wildman–Crippen MR) is 114 cm³/mol. The summed E-state index contributed by atoms with van der Waals surface area (Å²) in [5, 5.41) is 5.11. The lowest BCUT2D eigenvalue weighted by Crippen LogP contribution is -2.35. The smallest absolute Gasteiger partial charge is 0.249 e. The Kier molecular flexibility index (Phi) is 10.1. The van der Waals surface area contributed by atoms with Crippen molar-refractivity contribution in [2.45, 2.75) is 26.2 Å². The number of nitrogens with two attached hydrogens (primary N) is 1. The van der Waals surface area contributed by atoms with Gasteiger partial charge in [0.05, 0.1) is 22.3 Å². The molecule has 0 heterocycles. The van der Waals surface area contributed by atoms with Crippen LogP contribution in [-0.2, 0) is 9.63 Å². The molecule has 0 aromatic heterocycles. The minimum Gasteiger partial charge on any atom is -0.399 e. The maximum atomic E-state index is 12.6. The predicted octanol–water partition coefficient (Wildman–Crippen LogP) is 4.41. The van der Waals surface area contributed by atoms with Crippen molar-refractivity contribution < 1.29 is 9.63 Å². The molecular weight excluding hydrogens is 385 g/mol. The van der Waals surface area contributed by atoms with Gasteiger partial charge in [0.15, 0.2) is 0 Å². The lowest BCUT2D eigenvalue weighted by molar-refractivity contribution is -0.125. The maximum absolute atomic E-state index is 12.6. The molecule has 0 aliphatic rings. The van der Waals surface area contributed by atoms with Gasteiger partial charge in [0.25, 0.3) is 0 Å². The van der Waals surface area contributed by atoms with Crippen LogP contribution in [0.4, 0.5) is 0 Å². The number of halogens is 2. The molecule has 1 amide bonds. The van der Waals surface area contributed by atoms with Crippen LogP contribution in [0.1, 0.15) is 31.7 Å². The first-order chi connectivity index (χ1) is 12.8. The number of amides is 1. The summed E-state index contributed by atoms with van der Waals surface area (Å²) in [6.45, 7) is 4.43. The molecule has 7 heteroatoms. The number of likely N-dealkylation sites (N-methyl/N-ethyl adjacent to an activating group) is 1. The number of hydrogen-bond acceptors (Lipinski definition) is 4. The minimum atomic E-state index is -0.139. The Hall–Kier alpha value is -1.82. The van der Waals surface area contributed by atoms with Gasteiger partial charge in [-0.3, -0.25) is 4.79 Å². The monoisotopic (exact) mass is 411 g/mol. The third-order valence-corrected chi connectivity index (χ3v) is 4.77. The molecule has 0 aliphatic heterocycles. The van der Waals surface area contributed by atoms with E-state index in [-0.39, 0.29) is 11.8 Å². The van der Waals surface area contributed by atoms with Crippen molar-refractivity contribution in [3.05, 3.63) is 57.6 Å². The third-order valence-electron chi connectivity index (χ3n) is 4.03. The SMILES string of the molecule is C/C=C\C=C(/C)C(=O)N(C)C/C(=N\OC)C(CCN)c1ccc(Cl)c(Cl)c1.